The molecule has 1 heterocycles. The number of halogens is 1. The molecule has 0 aliphatic heterocycles. The van der Waals surface area contributed by atoms with Crippen LogP contribution in [0.1, 0.15) is 28.7 Å². The number of carboxylic acids is 1. The van der Waals surface area contributed by atoms with E-state index < -0.39 is 19.9 Å². The first-order chi connectivity index (χ1) is 8.67. The topological polar surface area (TPSA) is 76.2 Å². The van der Waals surface area contributed by atoms with Crippen LogP contribution in [-0.4, -0.2) is 24.1 Å². The molecule has 19 heavy (non-hydrogen) atoms. The van der Waals surface area contributed by atoms with Gasteiger partial charge in [-0.15, -0.1) is 0 Å². The van der Waals surface area contributed by atoms with E-state index in [-0.39, 0.29) is 22.6 Å². The fourth-order valence-corrected chi connectivity index (χ4v) is 2.21. The molecule has 0 aromatic carbocycles. The van der Waals surface area contributed by atoms with Crippen LogP contribution in [0.4, 0.5) is 10.1 Å². The zero-order valence-corrected chi connectivity index (χ0v) is 12.6. The third kappa shape index (κ3) is 3.63. The van der Waals surface area contributed by atoms with Crippen molar-refractivity contribution < 1.29 is 14.3 Å². The maximum atomic E-state index is 13.9. The average molecular weight is 282 g/mol. The number of nitrogens with two attached hydrogens (primary N) is 1. The smallest absolute Gasteiger partial charge is 0.355 e. The zero-order valence-electron chi connectivity index (χ0n) is 11.6. The SMILES string of the molecule is CCc1nc(C(=O)O)c(/C=C/[Si](C)(C)C)c(N)c1F. The molecule has 0 saturated carbocycles. The molecular weight excluding hydrogens is 263 g/mol. The van der Waals surface area contributed by atoms with Gasteiger partial charge >= 0.3 is 5.97 Å². The summed E-state index contributed by atoms with van der Waals surface area (Å²) in [7, 11) is -1.54. The quantitative estimate of drug-likeness (QED) is 0.832. The summed E-state index contributed by atoms with van der Waals surface area (Å²) in [6.07, 6.45) is 1.88. The van der Waals surface area contributed by atoms with E-state index in [1.54, 1.807) is 13.0 Å². The molecule has 0 atom stereocenters. The van der Waals surface area contributed by atoms with E-state index >= 15 is 0 Å². The maximum Gasteiger partial charge on any atom is 0.355 e. The van der Waals surface area contributed by atoms with Gasteiger partial charge in [-0.1, -0.05) is 38.3 Å². The minimum absolute atomic E-state index is 0.0834. The molecule has 0 aliphatic carbocycles. The molecule has 1 aromatic rings. The maximum absolute atomic E-state index is 13.9. The summed E-state index contributed by atoms with van der Waals surface area (Å²) >= 11 is 0. The summed E-state index contributed by atoms with van der Waals surface area (Å²) < 4.78 is 13.9. The Bertz CT molecular complexity index is 536. The van der Waals surface area contributed by atoms with Crippen molar-refractivity contribution in [1.82, 2.24) is 4.98 Å². The number of hydrogen-bond acceptors (Lipinski definition) is 3. The van der Waals surface area contributed by atoms with Crippen molar-refractivity contribution in [3.8, 4) is 0 Å². The highest BCUT2D eigenvalue weighted by Crippen LogP contribution is 2.24. The molecule has 104 valence electrons. The molecule has 6 heteroatoms. The second-order valence-corrected chi connectivity index (χ2v) is 10.5. The number of rotatable bonds is 4. The van der Waals surface area contributed by atoms with Crippen LogP contribution in [0.15, 0.2) is 5.70 Å². The first-order valence-corrected chi connectivity index (χ1v) is 9.65. The first kappa shape index (κ1) is 15.4. The highest BCUT2D eigenvalue weighted by molar-refractivity contribution is 6.81. The summed E-state index contributed by atoms with van der Waals surface area (Å²) in [4.78, 5) is 15.1. The lowest BCUT2D eigenvalue weighted by Gasteiger charge is -2.12. The van der Waals surface area contributed by atoms with Gasteiger partial charge in [-0.05, 0) is 6.42 Å². The molecule has 3 N–H and O–H groups in total. The molecule has 0 saturated heterocycles. The predicted octanol–water partition coefficient (Wildman–Crippen LogP) is 2.95. The minimum Gasteiger partial charge on any atom is -0.476 e. The van der Waals surface area contributed by atoms with Gasteiger partial charge in [-0.2, -0.15) is 0 Å². The van der Waals surface area contributed by atoms with Crippen LogP contribution in [0.5, 0.6) is 0 Å². The van der Waals surface area contributed by atoms with Crippen molar-refractivity contribution in [2.24, 2.45) is 0 Å². The Hall–Kier alpha value is -1.69. The van der Waals surface area contributed by atoms with Crippen molar-refractivity contribution in [2.75, 3.05) is 5.73 Å². The fourth-order valence-electron chi connectivity index (χ4n) is 1.54. The second-order valence-electron chi connectivity index (χ2n) is 5.41. The van der Waals surface area contributed by atoms with Crippen LogP contribution in [0.3, 0.4) is 0 Å². The molecule has 0 radical (unpaired) electrons. The van der Waals surface area contributed by atoms with Crippen molar-refractivity contribution in [1.29, 1.82) is 0 Å². The van der Waals surface area contributed by atoms with Crippen molar-refractivity contribution in [2.45, 2.75) is 33.0 Å². The number of nitrogen functional groups attached to an aromatic ring is 1. The van der Waals surface area contributed by atoms with E-state index in [9.17, 15) is 9.18 Å². The normalized spacial score (nSPS) is 12.1. The monoisotopic (exact) mass is 282 g/mol. The summed E-state index contributed by atoms with van der Waals surface area (Å²) in [6, 6.07) is 0. The van der Waals surface area contributed by atoms with E-state index in [1.165, 1.54) is 0 Å². The van der Waals surface area contributed by atoms with Crippen LogP contribution in [0.25, 0.3) is 6.08 Å². The van der Waals surface area contributed by atoms with Gasteiger partial charge in [-0.3, -0.25) is 0 Å². The lowest BCUT2D eigenvalue weighted by Crippen LogP contribution is -2.16. The van der Waals surface area contributed by atoms with Crippen LogP contribution in [0.2, 0.25) is 19.6 Å². The number of pyridine rings is 1. The molecule has 0 amide bonds. The van der Waals surface area contributed by atoms with Crippen LogP contribution < -0.4 is 5.73 Å². The summed E-state index contributed by atoms with van der Waals surface area (Å²) in [6.45, 7) is 7.97. The van der Waals surface area contributed by atoms with E-state index in [0.717, 1.165) is 0 Å². The van der Waals surface area contributed by atoms with Gasteiger partial charge in [0.15, 0.2) is 11.5 Å². The Kier molecular flexibility index (Phi) is 4.46. The van der Waals surface area contributed by atoms with Crippen LogP contribution in [-0.2, 0) is 6.42 Å². The number of aryl methyl sites for hydroxylation is 1. The Morgan fingerprint density at radius 1 is 1.47 bits per heavy atom. The summed E-state index contributed by atoms with van der Waals surface area (Å²) in [5.41, 5.74) is 7.54. The zero-order chi connectivity index (χ0) is 14.8. The molecule has 0 bridgehead atoms. The number of hydrogen-bond donors (Lipinski definition) is 2. The molecule has 0 fully saturated rings. The van der Waals surface area contributed by atoms with Crippen LogP contribution in [0, 0.1) is 5.82 Å². The van der Waals surface area contributed by atoms with Gasteiger partial charge in [0.25, 0.3) is 0 Å². The lowest BCUT2D eigenvalue weighted by atomic mass is 10.1. The molecule has 4 nitrogen and oxygen atoms in total. The predicted molar refractivity (Wildman–Crippen MR) is 77.3 cm³/mol. The number of carbonyl (C=O) groups is 1. The molecular formula is C13H19FN2O2Si. The molecule has 0 spiro atoms. The average Bonchev–Trinajstić information content (AvgIpc) is 2.29. The largest absolute Gasteiger partial charge is 0.476 e. The minimum atomic E-state index is -1.54. The number of aromatic nitrogens is 1. The first-order valence-electron chi connectivity index (χ1n) is 6.07. The standard InChI is InChI=1S/C13H19FN2O2Si/c1-5-9-10(14)11(15)8(6-7-19(2,3)4)12(16-9)13(17)18/h6-7H,5H2,1-4H3,(H2,15,16)(H,17,18)/b7-6+. The molecule has 0 aliphatic rings. The number of aromatic carboxylic acids is 1. The van der Waals surface area contributed by atoms with Gasteiger partial charge in [-0.25, -0.2) is 14.2 Å². The third-order valence-corrected chi connectivity index (χ3v) is 3.74. The fraction of sp³-hybridized carbons (Fsp3) is 0.385. The Labute approximate surface area is 113 Å². The van der Waals surface area contributed by atoms with Crippen molar-refractivity contribution >= 4 is 25.8 Å². The lowest BCUT2D eigenvalue weighted by molar-refractivity contribution is 0.0690. The summed E-state index contributed by atoms with van der Waals surface area (Å²) in [5.74, 6) is -1.82. The van der Waals surface area contributed by atoms with Crippen molar-refractivity contribution in [3.05, 3.63) is 28.5 Å². The Morgan fingerprint density at radius 3 is 2.47 bits per heavy atom. The molecule has 0 unspecified atom stereocenters. The van der Waals surface area contributed by atoms with E-state index in [2.05, 4.69) is 24.6 Å². The highest BCUT2D eigenvalue weighted by Gasteiger charge is 2.20. The van der Waals surface area contributed by atoms with E-state index in [0.29, 0.717) is 6.42 Å². The number of nitrogens with zero attached hydrogens (tertiary/aromatic N) is 1. The van der Waals surface area contributed by atoms with Gasteiger partial charge in [0, 0.05) is 5.56 Å². The third-order valence-electron chi connectivity index (χ3n) is 2.57. The number of anilines is 1. The van der Waals surface area contributed by atoms with E-state index in [4.69, 9.17) is 10.8 Å². The van der Waals surface area contributed by atoms with Crippen molar-refractivity contribution in [3.63, 3.8) is 0 Å². The molecule has 1 aromatic heterocycles. The van der Waals surface area contributed by atoms with Gasteiger partial charge < -0.3 is 10.8 Å². The van der Waals surface area contributed by atoms with Gasteiger partial charge in [0.1, 0.15) is 0 Å². The van der Waals surface area contributed by atoms with E-state index in [1.807, 2.05) is 5.70 Å². The van der Waals surface area contributed by atoms with Gasteiger partial charge in [0.05, 0.1) is 19.5 Å². The Balaban J connectivity index is 3.49. The van der Waals surface area contributed by atoms with Crippen LogP contribution >= 0.6 is 0 Å². The summed E-state index contributed by atoms with van der Waals surface area (Å²) in [5, 5.41) is 9.17. The Morgan fingerprint density at radius 2 is 2.05 bits per heavy atom. The molecule has 1 rings (SSSR count). The number of carboxylic acid groups (broad SMARTS) is 1. The second kappa shape index (κ2) is 5.52. The van der Waals surface area contributed by atoms with Gasteiger partial charge in [0.2, 0.25) is 0 Å². The highest BCUT2D eigenvalue weighted by atomic mass is 28.3.